The number of carbonyl (C=O) groups is 1. The van der Waals surface area contributed by atoms with Gasteiger partial charge in [-0.05, 0) is 49.9 Å². The van der Waals surface area contributed by atoms with Crippen molar-refractivity contribution in [2.45, 2.75) is 43.9 Å². The Morgan fingerprint density at radius 3 is 2.45 bits per heavy atom. The van der Waals surface area contributed by atoms with Crippen molar-refractivity contribution in [3.8, 4) is 0 Å². The molecule has 1 saturated carbocycles. The predicted molar refractivity (Wildman–Crippen MR) is 113 cm³/mol. The Hall–Kier alpha value is -3.16. The summed E-state index contributed by atoms with van der Waals surface area (Å²) >= 11 is 0. The molecule has 0 aliphatic heterocycles. The van der Waals surface area contributed by atoms with E-state index in [1.54, 1.807) is 48.7 Å². The van der Waals surface area contributed by atoms with Gasteiger partial charge in [0, 0.05) is 36.4 Å². The van der Waals surface area contributed by atoms with Gasteiger partial charge in [-0.2, -0.15) is 13.2 Å². The molecule has 2 aromatic heterocycles. The van der Waals surface area contributed by atoms with E-state index >= 15 is 0 Å². The van der Waals surface area contributed by atoms with E-state index in [1.165, 1.54) is 0 Å². The molecule has 0 saturated heterocycles. The minimum Gasteiger partial charge on any atom is -0.371 e. The molecule has 0 bridgehead atoms. The van der Waals surface area contributed by atoms with E-state index in [9.17, 15) is 18.0 Å². The quantitative estimate of drug-likeness (QED) is 0.647. The minimum atomic E-state index is -4.51. The van der Waals surface area contributed by atoms with Crippen LogP contribution in [0.5, 0.6) is 0 Å². The van der Waals surface area contributed by atoms with E-state index < -0.39 is 11.9 Å². The Bertz CT molecular complexity index is 1060. The molecule has 162 valence electrons. The SMILES string of the molecule is CN(c1cc(C(F)(F)F)nc2ccccc12)[C@H]1CC[C@@H](NC(=O)c2ccccn2)CC1. The molecule has 31 heavy (non-hydrogen) atoms. The third-order valence-corrected chi connectivity index (χ3v) is 5.84. The third-order valence-electron chi connectivity index (χ3n) is 5.84. The Morgan fingerprint density at radius 1 is 1.06 bits per heavy atom. The normalized spacial score (nSPS) is 19.2. The lowest BCUT2D eigenvalue weighted by molar-refractivity contribution is -0.140. The van der Waals surface area contributed by atoms with Crippen LogP contribution in [0.25, 0.3) is 10.9 Å². The molecule has 1 amide bonds. The highest BCUT2D eigenvalue weighted by atomic mass is 19.4. The number of benzene rings is 1. The highest BCUT2D eigenvalue weighted by Gasteiger charge is 2.34. The van der Waals surface area contributed by atoms with Crippen LogP contribution >= 0.6 is 0 Å². The standard InChI is InChI=1S/C23H23F3N4O/c1-30(20-14-21(23(24,25)26)29-18-7-3-2-6-17(18)20)16-11-9-15(10-12-16)28-22(31)19-8-4-5-13-27-19/h2-8,13-16H,9-12H2,1H3,(H,28,31)/t15-,16+. The maximum Gasteiger partial charge on any atom is 0.433 e. The summed E-state index contributed by atoms with van der Waals surface area (Å²) in [5, 5.41) is 3.71. The van der Waals surface area contributed by atoms with Gasteiger partial charge in [-0.3, -0.25) is 9.78 Å². The first-order valence-electron chi connectivity index (χ1n) is 10.2. The largest absolute Gasteiger partial charge is 0.433 e. The van der Waals surface area contributed by atoms with Crippen molar-refractivity contribution in [1.29, 1.82) is 0 Å². The summed E-state index contributed by atoms with van der Waals surface area (Å²) in [7, 11) is 1.83. The number of hydrogen-bond acceptors (Lipinski definition) is 4. The Morgan fingerprint density at radius 2 is 1.77 bits per heavy atom. The molecule has 0 unspecified atom stereocenters. The summed E-state index contributed by atoms with van der Waals surface area (Å²) in [5.74, 6) is -0.202. The summed E-state index contributed by atoms with van der Waals surface area (Å²) in [6.45, 7) is 0. The first kappa shape index (κ1) is 21.1. The number of rotatable bonds is 4. The van der Waals surface area contributed by atoms with Crippen LogP contribution in [0.15, 0.2) is 54.7 Å². The number of anilines is 1. The fourth-order valence-corrected chi connectivity index (χ4v) is 4.15. The molecule has 1 aliphatic rings. The van der Waals surface area contributed by atoms with Crippen LogP contribution in [-0.2, 0) is 6.18 Å². The van der Waals surface area contributed by atoms with Gasteiger partial charge in [0.25, 0.3) is 5.91 Å². The van der Waals surface area contributed by atoms with Crippen LogP contribution in [0.4, 0.5) is 18.9 Å². The number of carbonyl (C=O) groups excluding carboxylic acids is 1. The number of alkyl halides is 3. The summed E-state index contributed by atoms with van der Waals surface area (Å²) < 4.78 is 40.2. The molecule has 0 atom stereocenters. The summed E-state index contributed by atoms with van der Waals surface area (Å²) in [4.78, 5) is 22.1. The number of pyridine rings is 2. The lowest BCUT2D eigenvalue weighted by Gasteiger charge is -2.36. The van der Waals surface area contributed by atoms with Crippen LogP contribution < -0.4 is 10.2 Å². The molecular formula is C23H23F3N4O. The fraction of sp³-hybridized carbons (Fsp3) is 0.348. The van der Waals surface area contributed by atoms with Gasteiger partial charge in [0.2, 0.25) is 0 Å². The molecule has 4 rings (SSSR count). The van der Waals surface area contributed by atoms with Gasteiger partial charge in [0.1, 0.15) is 11.4 Å². The second-order valence-electron chi connectivity index (χ2n) is 7.85. The smallest absolute Gasteiger partial charge is 0.371 e. The monoisotopic (exact) mass is 428 g/mol. The minimum absolute atomic E-state index is 0.0269. The molecule has 1 aliphatic carbocycles. The lowest BCUT2D eigenvalue weighted by atomic mass is 9.89. The van der Waals surface area contributed by atoms with Crippen LogP contribution in [0, 0.1) is 0 Å². The third kappa shape index (κ3) is 4.62. The first-order valence-corrected chi connectivity index (χ1v) is 10.2. The van der Waals surface area contributed by atoms with E-state index in [2.05, 4.69) is 15.3 Å². The maximum atomic E-state index is 13.4. The summed E-state index contributed by atoms with van der Waals surface area (Å²) in [6.07, 6.45) is 0.108. The van der Waals surface area contributed by atoms with Gasteiger partial charge in [-0.15, -0.1) is 0 Å². The highest BCUT2D eigenvalue weighted by molar-refractivity contribution is 5.93. The fourth-order valence-electron chi connectivity index (χ4n) is 4.15. The zero-order valence-electron chi connectivity index (χ0n) is 17.1. The second-order valence-corrected chi connectivity index (χ2v) is 7.85. The molecule has 0 radical (unpaired) electrons. The molecule has 5 nitrogen and oxygen atoms in total. The van der Waals surface area contributed by atoms with Crippen LogP contribution in [-0.4, -0.2) is 35.0 Å². The highest BCUT2D eigenvalue weighted by Crippen LogP contribution is 2.36. The zero-order valence-corrected chi connectivity index (χ0v) is 17.1. The molecular weight excluding hydrogens is 405 g/mol. The average Bonchev–Trinajstić information content (AvgIpc) is 2.78. The molecule has 1 fully saturated rings. The number of para-hydroxylation sites is 1. The topological polar surface area (TPSA) is 58.1 Å². The second kappa shape index (κ2) is 8.53. The summed E-state index contributed by atoms with van der Waals surface area (Å²) in [5.41, 5.74) is 0.350. The first-order chi connectivity index (χ1) is 14.8. The van der Waals surface area contributed by atoms with Crippen molar-refractivity contribution >= 4 is 22.5 Å². The van der Waals surface area contributed by atoms with Crippen molar-refractivity contribution in [1.82, 2.24) is 15.3 Å². The molecule has 2 heterocycles. The molecule has 1 N–H and O–H groups in total. The summed E-state index contributed by atoms with van der Waals surface area (Å²) in [6, 6.07) is 13.3. The molecule has 8 heteroatoms. The number of nitrogens with one attached hydrogen (secondary N) is 1. The van der Waals surface area contributed by atoms with Gasteiger partial charge in [-0.1, -0.05) is 24.3 Å². The van der Waals surface area contributed by atoms with E-state index in [-0.39, 0.29) is 18.0 Å². The predicted octanol–water partition coefficient (Wildman–Crippen LogP) is 4.83. The Kier molecular flexibility index (Phi) is 5.80. The maximum absolute atomic E-state index is 13.4. The van der Waals surface area contributed by atoms with Crippen molar-refractivity contribution in [2.24, 2.45) is 0 Å². The van der Waals surface area contributed by atoms with Gasteiger partial charge in [0.05, 0.1) is 5.52 Å². The van der Waals surface area contributed by atoms with Crippen molar-refractivity contribution in [3.63, 3.8) is 0 Å². The van der Waals surface area contributed by atoms with E-state index in [0.717, 1.165) is 31.7 Å². The molecule has 3 aromatic rings. The number of fused-ring (bicyclic) bond motifs is 1. The van der Waals surface area contributed by atoms with Gasteiger partial charge in [-0.25, -0.2) is 4.98 Å². The van der Waals surface area contributed by atoms with Crippen LogP contribution in [0.1, 0.15) is 41.9 Å². The van der Waals surface area contributed by atoms with Crippen molar-refractivity contribution in [2.75, 3.05) is 11.9 Å². The Labute approximate surface area is 178 Å². The number of hydrogen-bond donors (Lipinski definition) is 1. The molecule has 0 spiro atoms. The van der Waals surface area contributed by atoms with Crippen LogP contribution in [0.3, 0.4) is 0 Å². The van der Waals surface area contributed by atoms with Crippen LogP contribution in [0.2, 0.25) is 0 Å². The van der Waals surface area contributed by atoms with Gasteiger partial charge in [0.15, 0.2) is 0 Å². The van der Waals surface area contributed by atoms with Crippen molar-refractivity contribution in [3.05, 3.63) is 66.1 Å². The van der Waals surface area contributed by atoms with Crippen molar-refractivity contribution < 1.29 is 18.0 Å². The number of halogens is 3. The zero-order chi connectivity index (χ0) is 22.0. The average molecular weight is 428 g/mol. The van der Waals surface area contributed by atoms with E-state index in [1.807, 2.05) is 11.9 Å². The number of aromatic nitrogens is 2. The number of amides is 1. The number of nitrogens with zero attached hydrogens (tertiary/aromatic N) is 3. The van der Waals surface area contributed by atoms with Gasteiger partial charge < -0.3 is 10.2 Å². The van der Waals surface area contributed by atoms with Gasteiger partial charge >= 0.3 is 6.18 Å². The van der Waals surface area contributed by atoms with E-state index in [4.69, 9.17) is 0 Å². The Balaban J connectivity index is 1.48. The molecule has 1 aromatic carbocycles. The van der Waals surface area contributed by atoms with E-state index in [0.29, 0.717) is 22.3 Å². The lowest BCUT2D eigenvalue weighted by Crippen LogP contribution is -2.43.